The fraction of sp³-hybridized carbons (Fsp3) is 0.833. The van der Waals surface area contributed by atoms with Crippen molar-refractivity contribution in [2.45, 2.75) is 52.4 Å². The quantitative estimate of drug-likeness (QED) is 0.570. The Morgan fingerprint density at radius 3 is 1.84 bits per heavy atom. The molecule has 7 heteroatoms. The van der Waals surface area contributed by atoms with Crippen LogP contribution in [0.4, 0.5) is 0 Å². The molecule has 19 heavy (non-hydrogen) atoms. The van der Waals surface area contributed by atoms with E-state index >= 15 is 0 Å². The van der Waals surface area contributed by atoms with Crippen molar-refractivity contribution in [3.8, 4) is 0 Å². The van der Waals surface area contributed by atoms with E-state index in [1.165, 1.54) is 0 Å². The zero-order valence-corrected chi connectivity index (χ0v) is 11.8. The molecular formula is C12H24O7. The number of aliphatic hydroxyl groups is 2. The van der Waals surface area contributed by atoms with Crippen molar-refractivity contribution in [1.82, 2.24) is 0 Å². The van der Waals surface area contributed by atoms with Crippen LogP contribution in [0.2, 0.25) is 0 Å². The first kappa shape index (κ1) is 20.1. The van der Waals surface area contributed by atoms with Crippen molar-refractivity contribution in [2.75, 3.05) is 13.2 Å². The smallest absolute Gasteiger partial charge is 0.333 e. The highest BCUT2D eigenvalue weighted by atomic mass is 16.5. The van der Waals surface area contributed by atoms with Crippen molar-refractivity contribution in [3.05, 3.63) is 0 Å². The number of carbonyl (C=O) groups is 2. The SMILES string of the molecule is CC(C)OC(C)C.O=C(CC(O)C(=O)O)OCCO. The van der Waals surface area contributed by atoms with E-state index in [2.05, 4.69) is 4.74 Å². The van der Waals surface area contributed by atoms with Gasteiger partial charge in [-0.15, -0.1) is 0 Å². The largest absolute Gasteiger partial charge is 0.479 e. The summed E-state index contributed by atoms with van der Waals surface area (Å²) in [6.07, 6.45) is -1.59. The third-order valence-electron chi connectivity index (χ3n) is 1.54. The minimum Gasteiger partial charge on any atom is -0.479 e. The Morgan fingerprint density at radius 2 is 1.58 bits per heavy atom. The number of carbonyl (C=O) groups excluding carboxylic acids is 1. The highest BCUT2D eigenvalue weighted by Gasteiger charge is 2.18. The van der Waals surface area contributed by atoms with E-state index in [1.54, 1.807) is 0 Å². The Kier molecular flexibility index (Phi) is 12.6. The number of ether oxygens (including phenoxy) is 2. The van der Waals surface area contributed by atoms with Crippen LogP contribution in [-0.4, -0.2) is 58.8 Å². The van der Waals surface area contributed by atoms with Crippen LogP contribution >= 0.6 is 0 Å². The lowest BCUT2D eigenvalue weighted by Gasteiger charge is -2.09. The summed E-state index contributed by atoms with van der Waals surface area (Å²) in [6.45, 7) is 7.65. The second-order valence-corrected chi connectivity index (χ2v) is 4.24. The van der Waals surface area contributed by atoms with Crippen LogP contribution in [0, 0.1) is 0 Å². The van der Waals surface area contributed by atoms with Gasteiger partial charge in [-0.2, -0.15) is 0 Å². The van der Waals surface area contributed by atoms with Gasteiger partial charge in [-0.3, -0.25) is 4.79 Å². The molecule has 0 fully saturated rings. The number of hydrogen-bond acceptors (Lipinski definition) is 6. The molecule has 0 saturated carbocycles. The molecule has 0 saturated heterocycles. The number of hydrogen-bond donors (Lipinski definition) is 3. The molecule has 0 rings (SSSR count). The molecule has 0 aromatic carbocycles. The van der Waals surface area contributed by atoms with E-state index in [0.29, 0.717) is 12.2 Å². The second-order valence-electron chi connectivity index (χ2n) is 4.24. The highest BCUT2D eigenvalue weighted by molar-refractivity contribution is 5.80. The molecule has 1 unspecified atom stereocenters. The van der Waals surface area contributed by atoms with E-state index < -0.39 is 24.5 Å². The van der Waals surface area contributed by atoms with E-state index in [1.807, 2.05) is 27.7 Å². The molecule has 0 aliphatic carbocycles. The van der Waals surface area contributed by atoms with Crippen LogP contribution in [-0.2, 0) is 19.1 Å². The maximum atomic E-state index is 10.6. The fourth-order valence-electron chi connectivity index (χ4n) is 1.01. The molecule has 0 aromatic rings. The monoisotopic (exact) mass is 280 g/mol. The Morgan fingerprint density at radius 1 is 1.11 bits per heavy atom. The summed E-state index contributed by atoms with van der Waals surface area (Å²) in [5, 5.41) is 25.0. The fourth-order valence-corrected chi connectivity index (χ4v) is 1.01. The molecule has 3 N–H and O–H groups in total. The lowest BCUT2D eigenvalue weighted by atomic mass is 10.2. The van der Waals surface area contributed by atoms with E-state index in [4.69, 9.17) is 20.1 Å². The van der Waals surface area contributed by atoms with Gasteiger partial charge in [0, 0.05) is 0 Å². The van der Waals surface area contributed by atoms with Gasteiger partial charge < -0.3 is 24.8 Å². The number of esters is 1. The van der Waals surface area contributed by atoms with Gasteiger partial charge in [-0.1, -0.05) is 0 Å². The van der Waals surface area contributed by atoms with E-state index in [9.17, 15) is 9.59 Å². The normalized spacial score (nSPS) is 11.8. The highest BCUT2D eigenvalue weighted by Crippen LogP contribution is 1.94. The summed E-state index contributed by atoms with van der Waals surface area (Å²) in [5.41, 5.74) is 0. The first-order valence-electron chi connectivity index (χ1n) is 6.03. The molecule has 1 atom stereocenters. The second kappa shape index (κ2) is 11.9. The number of aliphatic carboxylic acids is 1. The predicted molar refractivity (Wildman–Crippen MR) is 67.7 cm³/mol. The summed E-state index contributed by atoms with van der Waals surface area (Å²) < 4.78 is 9.55. The van der Waals surface area contributed by atoms with Crippen LogP contribution in [0.25, 0.3) is 0 Å². The molecule has 7 nitrogen and oxygen atoms in total. The standard InChI is InChI=1S/C6H10O6.C6H14O/c7-1-2-12-5(9)3-4(8)6(10)11;1-5(2)7-6(3)4/h4,7-8H,1-3H2,(H,10,11);5-6H,1-4H3. The molecule has 0 aliphatic rings. The molecule has 0 aromatic heterocycles. The molecule has 0 radical (unpaired) electrons. The molecule has 114 valence electrons. The molecule has 0 aliphatic heterocycles. The topological polar surface area (TPSA) is 113 Å². The van der Waals surface area contributed by atoms with Crippen molar-refractivity contribution in [3.63, 3.8) is 0 Å². The minimum absolute atomic E-state index is 0.189. The van der Waals surface area contributed by atoms with Crippen LogP contribution < -0.4 is 0 Å². The van der Waals surface area contributed by atoms with Crippen LogP contribution in [0.5, 0.6) is 0 Å². The van der Waals surface area contributed by atoms with Crippen molar-refractivity contribution >= 4 is 11.9 Å². The van der Waals surface area contributed by atoms with Gasteiger partial charge in [0.2, 0.25) is 0 Å². The maximum absolute atomic E-state index is 10.6. The Labute approximate surface area is 113 Å². The third-order valence-corrected chi connectivity index (χ3v) is 1.54. The van der Waals surface area contributed by atoms with Gasteiger partial charge in [-0.25, -0.2) is 4.79 Å². The first-order chi connectivity index (χ1) is 8.70. The zero-order valence-electron chi connectivity index (χ0n) is 11.8. The number of aliphatic hydroxyl groups excluding tert-OH is 2. The van der Waals surface area contributed by atoms with Crippen molar-refractivity contribution in [2.24, 2.45) is 0 Å². The van der Waals surface area contributed by atoms with Crippen LogP contribution in [0.3, 0.4) is 0 Å². The Hall–Kier alpha value is -1.18. The minimum atomic E-state index is -1.74. The zero-order chi connectivity index (χ0) is 15.4. The molecular weight excluding hydrogens is 256 g/mol. The third kappa shape index (κ3) is 16.8. The molecule has 0 spiro atoms. The van der Waals surface area contributed by atoms with E-state index in [-0.39, 0.29) is 13.2 Å². The molecule has 0 amide bonds. The lowest BCUT2D eigenvalue weighted by molar-refractivity contribution is -0.156. The number of carboxylic acids is 1. The summed E-state index contributed by atoms with van der Waals surface area (Å²) in [4.78, 5) is 20.6. The predicted octanol–water partition coefficient (Wildman–Crippen LogP) is 0.177. The number of carboxylic acid groups (broad SMARTS) is 1. The number of rotatable bonds is 7. The van der Waals surface area contributed by atoms with Crippen molar-refractivity contribution < 1.29 is 34.4 Å². The van der Waals surface area contributed by atoms with Crippen molar-refractivity contribution in [1.29, 1.82) is 0 Å². The van der Waals surface area contributed by atoms with Gasteiger partial charge in [0.15, 0.2) is 6.10 Å². The Bertz CT molecular complexity index is 244. The lowest BCUT2D eigenvalue weighted by Crippen LogP contribution is -2.24. The first-order valence-corrected chi connectivity index (χ1v) is 6.03. The summed E-state index contributed by atoms with van der Waals surface area (Å²) >= 11 is 0. The van der Waals surface area contributed by atoms with Gasteiger partial charge >= 0.3 is 11.9 Å². The summed E-state index contributed by atoms with van der Waals surface area (Å²) in [5.74, 6) is -2.32. The average Bonchev–Trinajstić information content (AvgIpc) is 2.24. The summed E-state index contributed by atoms with van der Waals surface area (Å²) in [6, 6.07) is 0. The van der Waals surface area contributed by atoms with E-state index in [0.717, 1.165) is 0 Å². The van der Waals surface area contributed by atoms with Gasteiger partial charge in [0.25, 0.3) is 0 Å². The van der Waals surface area contributed by atoms with Crippen LogP contribution in [0.15, 0.2) is 0 Å². The average molecular weight is 280 g/mol. The van der Waals surface area contributed by atoms with Gasteiger partial charge in [-0.05, 0) is 27.7 Å². The molecule has 0 bridgehead atoms. The van der Waals surface area contributed by atoms with Gasteiger partial charge in [0.05, 0.1) is 25.2 Å². The van der Waals surface area contributed by atoms with Crippen LogP contribution in [0.1, 0.15) is 34.1 Å². The Balaban J connectivity index is 0. The maximum Gasteiger partial charge on any atom is 0.333 e. The summed E-state index contributed by atoms with van der Waals surface area (Å²) in [7, 11) is 0. The molecule has 0 heterocycles. The van der Waals surface area contributed by atoms with Gasteiger partial charge in [0.1, 0.15) is 6.61 Å².